The monoisotopic (exact) mass is 196 g/mol. The summed E-state index contributed by atoms with van der Waals surface area (Å²) >= 11 is 0. The van der Waals surface area contributed by atoms with Crippen molar-refractivity contribution in [3.8, 4) is 0 Å². The summed E-state index contributed by atoms with van der Waals surface area (Å²) in [4.78, 5) is 11.3. The van der Waals surface area contributed by atoms with E-state index in [-0.39, 0.29) is 18.5 Å². The highest BCUT2D eigenvalue weighted by atomic mass is 16.2. The first-order valence-corrected chi connectivity index (χ1v) is 4.62. The molecule has 0 spiro atoms. The maximum atomic E-state index is 11.3. The molecule has 14 heavy (non-hydrogen) atoms. The standard InChI is InChI=1S/C9H16N4O/c1-7(2)12-9(14)6-13-5-8(3-10)4-11-13/h4-5,7H,3,6,10H2,1-2H3,(H,12,14). The summed E-state index contributed by atoms with van der Waals surface area (Å²) in [5.74, 6) is -0.0355. The summed E-state index contributed by atoms with van der Waals surface area (Å²) in [6.45, 7) is 4.54. The maximum absolute atomic E-state index is 11.3. The first kappa shape index (κ1) is 10.7. The van der Waals surface area contributed by atoms with Crippen LogP contribution in [0.3, 0.4) is 0 Å². The molecule has 0 aliphatic heterocycles. The fourth-order valence-electron chi connectivity index (χ4n) is 1.11. The van der Waals surface area contributed by atoms with E-state index >= 15 is 0 Å². The van der Waals surface area contributed by atoms with Crippen LogP contribution in [0.25, 0.3) is 0 Å². The van der Waals surface area contributed by atoms with Crippen molar-refractivity contribution in [2.45, 2.75) is 33.0 Å². The molecule has 1 aromatic heterocycles. The molecular weight excluding hydrogens is 180 g/mol. The summed E-state index contributed by atoms with van der Waals surface area (Å²) in [7, 11) is 0. The molecule has 5 heteroatoms. The van der Waals surface area contributed by atoms with E-state index in [0.717, 1.165) is 5.56 Å². The van der Waals surface area contributed by atoms with Gasteiger partial charge in [0.2, 0.25) is 5.91 Å². The Kier molecular flexibility index (Phi) is 3.64. The normalized spacial score (nSPS) is 10.6. The van der Waals surface area contributed by atoms with E-state index in [1.165, 1.54) is 0 Å². The van der Waals surface area contributed by atoms with Crippen molar-refractivity contribution in [3.63, 3.8) is 0 Å². The fourth-order valence-corrected chi connectivity index (χ4v) is 1.11. The van der Waals surface area contributed by atoms with Crippen molar-refractivity contribution in [3.05, 3.63) is 18.0 Å². The lowest BCUT2D eigenvalue weighted by Gasteiger charge is -2.07. The third-order valence-corrected chi connectivity index (χ3v) is 1.68. The molecule has 0 unspecified atom stereocenters. The largest absolute Gasteiger partial charge is 0.352 e. The predicted molar refractivity (Wildman–Crippen MR) is 53.4 cm³/mol. The second-order valence-corrected chi connectivity index (χ2v) is 3.47. The minimum Gasteiger partial charge on any atom is -0.352 e. The molecule has 0 aromatic carbocycles. The van der Waals surface area contributed by atoms with Gasteiger partial charge in [-0.05, 0) is 13.8 Å². The summed E-state index contributed by atoms with van der Waals surface area (Å²) in [5, 5.41) is 6.80. The van der Waals surface area contributed by atoms with Crippen LogP contribution in [0.2, 0.25) is 0 Å². The van der Waals surface area contributed by atoms with Crippen molar-refractivity contribution >= 4 is 5.91 Å². The Bertz CT molecular complexity index is 306. The molecule has 1 heterocycles. The van der Waals surface area contributed by atoms with Crippen LogP contribution in [-0.4, -0.2) is 21.7 Å². The lowest BCUT2D eigenvalue weighted by molar-refractivity contribution is -0.122. The second kappa shape index (κ2) is 4.76. The molecule has 0 bridgehead atoms. The van der Waals surface area contributed by atoms with Gasteiger partial charge in [0.25, 0.3) is 0 Å². The van der Waals surface area contributed by atoms with Crippen LogP contribution in [0.5, 0.6) is 0 Å². The van der Waals surface area contributed by atoms with Gasteiger partial charge < -0.3 is 11.1 Å². The molecular formula is C9H16N4O. The molecule has 5 nitrogen and oxygen atoms in total. The number of nitrogens with zero attached hydrogens (tertiary/aromatic N) is 2. The van der Waals surface area contributed by atoms with E-state index in [1.807, 2.05) is 13.8 Å². The quantitative estimate of drug-likeness (QED) is 0.704. The lowest BCUT2D eigenvalue weighted by atomic mass is 10.4. The van der Waals surface area contributed by atoms with Gasteiger partial charge in [-0.1, -0.05) is 0 Å². The first-order valence-electron chi connectivity index (χ1n) is 4.62. The highest BCUT2D eigenvalue weighted by Crippen LogP contribution is 1.95. The molecule has 1 amide bonds. The summed E-state index contributed by atoms with van der Waals surface area (Å²) in [5.41, 5.74) is 6.35. The van der Waals surface area contributed by atoms with Gasteiger partial charge in [0.05, 0.1) is 6.20 Å². The predicted octanol–water partition coefficient (Wildman–Crippen LogP) is -0.134. The van der Waals surface area contributed by atoms with Crippen molar-refractivity contribution in [2.75, 3.05) is 0 Å². The van der Waals surface area contributed by atoms with E-state index in [1.54, 1.807) is 17.1 Å². The topological polar surface area (TPSA) is 72.9 Å². The van der Waals surface area contributed by atoms with Crippen LogP contribution in [0.15, 0.2) is 12.4 Å². The number of rotatable bonds is 4. The number of nitrogens with one attached hydrogen (secondary N) is 1. The average Bonchev–Trinajstić information content (AvgIpc) is 2.50. The van der Waals surface area contributed by atoms with Gasteiger partial charge in [-0.2, -0.15) is 5.10 Å². The van der Waals surface area contributed by atoms with Crippen molar-refractivity contribution in [2.24, 2.45) is 5.73 Å². The molecule has 0 atom stereocenters. The Morgan fingerprint density at radius 2 is 2.43 bits per heavy atom. The number of aromatic nitrogens is 2. The zero-order valence-electron chi connectivity index (χ0n) is 8.53. The molecule has 0 saturated heterocycles. The van der Waals surface area contributed by atoms with Gasteiger partial charge in [0, 0.05) is 24.3 Å². The van der Waals surface area contributed by atoms with Crippen molar-refractivity contribution in [1.82, 2.24) is 15.1 Å². The molecule has 3 N–H and O–H groups in total. The number of carbonyl (C=O) groups excluding carboxylic acids is 1. The van der Waals surface area contributed by atoms with E-state index < -0.39 is 0 Å². The Morgan fingerprint density at radius 1 is 1.71 bits per heavy atom. The molecule has 0 aliphatic rings. The second-order valence-electron chi connectivity index (χ2n) is 3.47. The number of carbonyl (C=O) groups is 1. The molecule has 0 radical (unpaired) electrons. The first-order chi connectivity index (χ1) is 6.61. The Hall–Kier alpha value is -1.36. The third-order valence-electron chi connectivity index (χ3n) is 1.68. The summed E-state index contributed by atoms with van der Waals surface area (Å²) in [6.07, 6.45) is 3.45. The zero-order valence-corrected chi connectivity index (χ0v) is 8.53. The van der Waals surface area contributed by atoms with Crippen LogP contribution in [-0.2, 0) is 17.9 Å². The van der Waals surface area contributed by atoms with Crippen LogP contribution in [0.4, 0.5) is 0 Å². The number of nitrogens with two attached hydrogens (primary N) is 1. The average molecular weight is 196 g/mol. The van der Waals surface area contributed by atoms with Gasteiger partial charge in [0.15, 0.2) is 0 Å². The minimum atomic E-state index is -0.0355. The molecule has 0 aliphatic carbocycles. The third kappa shape index (κ3) is 3.18. The number of hydrogen-bond donors (Lipinski definition) is 2. The number of hydrogen-bond acceptors (Lipinski definition) is 3. The minimum absolute atomic E-state index is 0.0355. The molecule has 1 aromatic rings. The van der Waals surface area contributed by atoms with Gasteiger partial charge in [-0.25, -0.2) is 0 Å². The van der Waals surface area contributed by atoms with E-state index in [0.29, 0.717) is 6.54 Å². The highest BCUT2D eigenvalue weighted by molar-refractivity contribution is 5.75. The molecule has 1 rings (SSSR count). The van der Waals surface area contributed by atoms with Crippen LogP contribution in [0.1, 0.15) is 19.4 Å². The smallest absolute Gasteiger partial charge is 0.241 e. The lowest BCUT2D eigenvalue weighted by Crippen LogP contribution is -2.33. The van der Waals surface area contributed by atoms with Gasteiger partial charge >= 0.3 is 0 Å². The van der Waals surface area contributed by atoms with Gasteiger partial charge in [-0.3, -0.25) is 9.48 Å². The molecule has 78 valence electrons. The zero-order chi connectivity index (χ0) is 10.6. The summed E-state index contributed by atoms with van der Waals surface area (Å²) < 4.78 is 1.58. The Morgan fingerprint density at radius 3 is 2.93 bits per heavy atom. The van der Waals surface area contributed by atoms with Crippen LogP contribution < -0.4 is 11.1 Å². The van der Waals surface area contributed by atoms with E-state index in [4.69, 9.17) is 5.73 Å². The van der Waals surface area contributed by atoms with Crippen LogP contribution in [0, 0.1) is 0 Å². The van der Waals surface area contributed by atoms with Crippen LogP contribution >= 0.6 is 0 Å². The molecule has 0 fully saturated rings. The highest BCUT2D eigenvalue weighted by Gasteiger charge is 2.04. The maximum Gasteiger partial charge on any atom is 0.241 e. The Labute approximate surface area is 83.3 Å². The summed E-state index contributed by atoms with van der Waals surface area (Å²) in [6, 6.07) is 0.159. The Balaban J connectivity index is 2.47. The van der Waals surface area contributed by atoms with Gasteiger partial charge in [-0.15, -0.1) is 0 Å². The van der Waals surface area contributed by atoms with E-state index in [2.05, 4.69) is 10.4 Å². The SMILES string of the molecule is CC(C)NC(=O)Cn1cc(CN)cn1. The number of amides is 1. The van der Waals surface area contributed by atoms with Crippen molar-refractivity contribution in [1.29, 1.82) is 0 Å². The fraction of sp³-hybridized carbons (Fsp3) is 0.556. The van der Waals surface area contributed by atoms with Crippen molar-refractivity contribution < 1.29 is 4.79 Å². The van der Waals surface area contributed by atoms with E-state index in [9.17, 15) is 4.79 Å². The molecule has 0 saturated carbocycles. The van der Waals surface area contributed by atoms with Gasteiger partial charge in [0.1, 0.15) is 6.54 Å².